The predicted molar refractivity (Wildman–Crippen MR) is 94.4 cm³/mol. The van der Waals surface area contributed by atoms with Crippen molar-refractivity contribution < 1.29 is 9.90 Å². The zero-order valence-corrected chi connectivity index (χ0v) is 14.6. The van der Waals surface area contributed by atoms with Crippen molar-refractivity contribution in [3.63, 3.8) is 0 Å². The number of aliphatic hydroxyl groups is 1. The molecule has 1 N–H and O–H groups in total. The molecule has 4 rings (SSSR count). The van der Waals surface area contributed by atoms with Crippen LogP contribution in [0.2, 0.25) is 0 Å². The summed E-state index contributed by atoms with van der Waals surface area (Å²) < 4.78 is 0. The fraction of sp³-hybridized carbons (Fsp3) is 0.571. The molecule has 0 heterocycles. The molecule has 2 heteroatoms. The van der Waals surface area contributed by atoms with Crippen LogP contribution in [0.15, 0.2) is 17.7 Å². The summed E-state index contributed by atoms with van der Waals surface area (Å²) in [4.78, 5) is 11.6. The number of carbonyl (C=O) groups excluding carboxylic acids is 1. The van der Waals surface area contributed by atoms with E-state index in [0.717, 1.165) is 18.8 Å². The van der Waals surface area contributed by atoms with Crippen molar-refractivity contribution in [1.29, 1.82) is 0 Å². The van der Waals surface area contributed by atoms with Gasteiger partial charge in [0.25, 0.3) is 0 Å². The van der Waals surface area contributed by atoms with Gasteiger partial charge in [-0.15, -0.1) is 0 Å². The zero-order valence-electron chi connectivity index (χ0n) is 14.6. The molecule has 124 valence electrons. The number of Topliss-reactive ketones (excluding diaryl/α,β-unsaturated/α-hetero) is 1. The summed E-state index contributed by atoms with van der Waals surface area (Å²) in [5, 5.41) is 7.57. The first-order chi connectivity index (χ1) is 11.0. The van der Waals surface area contributed by atoms with Gasteiger partial charge in [0, 0.05) is 12.5 Å². The van der Waals surface area contributed by atoms with E-state index in [1.54, 1.807) is 25.0 Å². The minimum atomic E-state index is 0.237. The van der Waals surface area contributed by atoms with Crippen molar-refractivity contribution in [3.8, 4) is 0 Å². The van der Waals surface area contributed by atoms with E-state index in [2.05, 4.69) is 19.1 Å². The molecule has 1 unspecified atom stereocenters. The number of hydrogen-bond acceptors (Lipinski definition) is 2. The second-order valence-electron chi connectivity index (χ2n) is 7.23. The Hall–Kier alpha value is -1.41. The quantitative estimate of drug-likeness (QED) is 0.892. The standard InChI is InChI=1S/C19H22O.C2H6O/c1-11-18(13-3-4-13)6-5-14-7-16-8-15(12(2)20)9-17(16)10-19(11)14;1-2-3/h7,10,13,15H,3-6,8-9H2,1-2H3;3H,2H2,1H3. The van der Waals surface area contributed by atoms with Crippen molar-refractivity contribution in [1.82, 2.24) is 0 Å². The molecular weight excluding hydrogens is 284 g/mol. The largest absolute Gasteiger partial charge is 0.397 e. The van der Waals surface area contributed by atoms with Gasteiger partial charge in [0.2, 0.25) is 0 Å². The second kappa shape index (κ2) is 6.60. The molecule has 0 spiro atoms. The van der Waals surface area contributed by atoms with Gasteiger partial charge in [-0.2, -0.15) is 0 Å². The van der Waals surface area contributed by atoms with Gasteiger partial charge in [0.1, 0.15) is 5.78 Å². The van der Waals surface area contributed by atoms with E-state index in [0.29, 0.717) is 5.78 Å². The Morgan fingerprint density at radius 1 is 1.13 bits per heavy atom. The first kappa shape index (κ1) is 16.4. The van der Waals surface area contributed by atoms with Crippen LogP contribution in [0.3, 0.4) is 0 Å². The smallest absolute Gasteiger partial charge is 0.133 e. The van der Waals surface area contributed by atoms with E-state index in [1.807, 2.05) is 0 Å². The maximum absolute atomic E-state index is 11.6. The van der Waals surface area contributed by atoms with Gasteiger partial charge in [-0.25, -0.2) is 0 Å². The van der Waals surface area contributed by atoms with Crippen molar-refractivity contribution in [2.75, 3.05) is 6.61 Å². The number of aryl methyl sites for hydroxylation is 1. The van der Waals surface area contributed by atoms with Crippen LogP contribution in [-0.2, 0) is 24.1 Å². The highest BCUT2D eigenvalue weighted by Gasteiger charge is 2.32. The van der Waals surface area contributed by atoms with Crippen LogP contribution in [0.1, 0.15) is 62.3 Å². The minimum absolute atomic E-state index is 0.237. The summed E-state index contributed by atoms with van der Waals surface area (Å²) in [5.41, 5.74) is 9.14. The average Bonchev–Trinajstić information content (AvgIpc) is 3.25. The van der Waals surface area contributed by atoms with E-state index in [4.69, 9.17) is 5.11 Å². The van der Waals surface area contributed by atoms with Crippen LogP contribution in [0.4, 0.5) is 0 Å². The lowest BCUT2D eigenvalue weighted by Crippen LogP contribution is -2.09. The molecule has 0 bridgehead atoms. The van der Waals surface area contributed by atoms with Crippen LogP contribution in [-0.4, -0.2) is 17.5 Å². The molecule has 1 aromatic rings. The van der Waals surface area contributed by atoms with E-state index < -0.39 is 0 Å². The second-order valence-corrected chi connectivity index (χ2v) is 7.23. The number of carbonyl (C=O) groups is 1. The lowest BCUT2D eigenvalue weighted by Gasteiger charge is -2.22. The van der Waals surface area contributed by atoms with Gasteiger partial charge in [-0.05, 0) is 93.0 Å². The molecule has 0 amide bonds. The third-order valence-corrected chi connectivity index (χ3v) is 5.55. The van der Waals surface area contributed by atoms with Crippen molar-refractivity contribution in [2.45, 2.75) is 59.3 Å². The lowest BCUT2D eigenvalue weighted by molar-refractivity contribution is -0.120. The molecule has 23 heavy (non-hydrogen) atoms. The van der Waals surface area contributed by atoms with Gasteiger partial charge >= 0.3 is 0 Å². The molecule has 0 radical (unpaired) electrons. The maximum Gasteiger partial charge on any atom is 0.133 e. The Morgan fingerprint density at radius 2 is 1.74 bits per heavy atom. The molecule has 3 aliphatic carbocycles. The Kier molecular flexibility index (Phi) is 4.72. The molecule has 0 aromatic heterocycles. The third-order valence-electron chi connectivity index (χ3n) is 5.55. The van der Waals surface area contributed by atoms with Gasteiger partial charge in [-0.1, -0.05) is 17.7 Å². The SMILES string of the molecule is CC(=O)C1Cc2cc3c(cc2C1)C(C)=C(C1CC1)CC3.CCO. The van der Waals surface area contributed by atoms with E-state index in [1.165, 1.54) is 47.9 Å². The number of benzene rings is 1. The lowest BCUT2D eigenvalue weighted by atomic mass is 9.83. The zero-order chi connectivity index (χ0) is 16.6. The number of allylic oxidation sites excluding steroid dienone is 2. The summed E-state index contributed by atoms with van der Waals surface area (Å²) in [6.45, 7) is 5.99. The number of fused-ring (bicyclic) bond motifs is 2. The summed E-state index contributed by atoms with van der Waals surface area (Å²) >= 11 is 0. The van der Waals surface area contributed by atoms with Crippen LogP contribution in [0.25, 0.3) is 5.57 Å². The van der Waals surface area contributed by atoms with E-state index in [9.17, 15) is 4.79 Å². The minimum Gasteiger partial charge on any atom is -0.397 e. The van der Waals surface area contributed by atoms with E-state index in [-0.39, 0.29) is 12.5 Å². The molecule has 1 aromatic carbocycles. The fourth-order valence-electron chi connectivity index (χ4n) is 4.14. The summed E-state index contributed by atoms with van der Waals surface area (Å²) in [5.74, 6) is 1.48. The number of ketones is 1. The summed E-state index contributed by atoms with van der Waals surface area (Å²) in [6.07, 6.45) is 7.20. The summed E-state index contributed by atoms with van der Waals surface area (Å²) in [6, 6.07) is 4.81. The monoisotopic (exact) mass is 312 g/mol. The molecule has 2 nitrogen and oxygen atoms in total. The topological polar surface area (TPSA) is 37.3 Å². The van der Waals surface area contributed by atoms with E-state index >= 15 is 0 Å². The molecule has 3 aliphatic rings. The number of aliphatic hydroxyl groups excluding tert-OH is 1. The van der Waals surface area contributed by atoms with Crippen LogP contribution in [0.5, 0.6) is 0 Å². The molecule has 1 fully saturated rings. The molecule has 1 saturated carbocycles. The fourth-order valence-corrected chi connectivity index (χ4v) is 4.14. The average molecular weight is 312 g/mol. The van der Waals surface area contributed by atoms with Gasteiger partial charge in [-0.3, -0.25) is 4.79 Å². The molecule has 1 atom stereocenters. The van der Waals surface area contributed by atoms with Gasteiger partial charge in [0.15, 0.2) is 0 Å². The Bertz CT molecular complexity index is 650. The summed E-state index contributed by atoms with van der Waals surface area (Å²) in [7, 11) is 0. The number of rotatable bonds is 2. The third kappa shape index (κ3) is 3.28. The normalized spacial score (nSPS) is 22.2. The highest BCUT2D eigenvalue weighted by Crippen LogP contribution is 2.46. The van der Waals surface area contributed by atoms with Crippen LogP contribution >= 0.6 is 0 Å². The highest BCUT2D eigenvalue weighted by molar-refractivity contribution is 5.80. The molecule has 0 aliphatic heterocycles. The van der Waals surface area contributed by atoms with Gasteiger partial charge in [0.05, 0.1) is 0 Å². The van der Waals surface area contributed by atoms with Crippen LogP contribution in [0, 0.1) is 11.8 Å². The first-order valence-corrected chi connectivity index (χ1v) is 9.01. The van der Waals surface area contributed by atoms with Crippen molar-refractivity contribution in [3.05, 3.63) is 40.0 Å². The molecule has 0 saturated heterocycles. The maximum atomic E-state index is 11.6. The van der Waals surface area contributed by atoms with Crippen molar-refractivity contribution >= 4 is 11.4 Å². The highest BCUT2D eigenvalue weighted by atomic mass is 16.2. The Balaban J connectivity index is 0.000000485. The number of hydrogen-bond donors (Lipinski definition) is 1. The molecular formula is C21H28O2. The Labute approximate surface area is 139 Å². The van der Waals surface area contributed by atoms with Crippen LogP contribution < -0.4 is 0 Å². The predicted octanol–water partition coefficient (Wildman–Crippen LogP) is 4.12. The van der Waals surface area contributed by atoms with Gasteiger partial charge < -0.3 is 5.11 Å². The first-order valence-electron chi connectivity index (χ1n) is 9.01. The van der Waals surface area contributed by atoms with Crippen molar-refractivity contribution in [2.24, 2.45) is 11.8 Å². The Morgan fingerprint density at radius 3 is 2.30 bits per heavy atom.